The molecule has 2 rings (SSSR count). The molecule has 3 nitrogen and oxygen atoms in total. The van der Waals surface area contributed by atoms with Gasteiger partial charge in [0, 0.05) is 6.04 Å². The molecule has 1 saturated heterocycles. The predicted octanol–water partition coefficient (Wildman–Crippen LogP) is 2.02. The summed E-state index contributed by atoms with van der Waals surface area (Å²) in [4.78, 5) is 10.7. The quantitative estimate of drug-likeness (QED) is 0.679. The molecule has 1 saturated carbocycles. The average Bonchev–Trinajstić information content (AvgIpc) is 2.64. The molecule has 0 bridgehead atoms. The summed E-state index contributed by atoms with van der Waals surface area (Å²) in [6.45, 7) is 4.00. The third-order valence-corrected chi connectivity index (χ3v) is 3.16. The molecule has 0 amide bonds. The van der Waals surface area contributed by atoms with E-state index in [2.05, 4.69) is 5.32 Å². The van der Waals surface area contributed by atoms with E-state index in [-0.39, 0.29) is 6.04 Å². The van der Waals surface area contributed by atoms with Crippen molar-refractivity contribution < 1.29 is 9.90 Å². The molecule has 1 aliphatic carbocycles. The first-order valence-corrected chi connectivity index (χ1v) is 5.76. The first-order chi connectivity index (χ1) is 6.77. The van der Waals surface area contributed by atoms with Crippen molar-refractivity contribution in [2.24, 2.45) is 5.92 Å². The van der Waals surface area contributed by atoms with Crippen LogP contribution in [0.4, 0.5) is 0 Å². The first-order valence-electron chi connectivity index (χ1n) is 5.76. The van der Waals surface area contributed by atoms with Crippen molar-refractivity contribution in [1.29, 1.82) is 0 Å². The molecular weight excluding hydrogens is 178 g/mol. The SMILES string of the molecule is CC.O=C(O)[C@@H]1CC2CCCCC2N1. The van der Waals surface area contributed by atoms with Crippen LogP contribution in [-0.4, -0.2) is 23.2 Å². The van der Waals surface area contributed by atoms with Gasteiger partial charge in [-0.25, -0.2) is 0 Å². The van der Waals surface area contributed by atoms with Crippen LogP contribution in [0, 0.1) is 5.92 Å². The molecular formula is C11H21NO2. The largest absolute Gasteiger partial charge is 0.480 e. The van der Waals surface area contributed by atoms with Gasteiger partial charge in [-0.1, -0.05) is 26.7 Å². The molecule has 3 heteroatoms. The lowest BCUT2D eigenvalue weighted by molar-refractivity contribution is -0.139. The van der Waals surface area contributed by atoms with Crippen LogP contribution in [0.2, 0.25) is 0 Å². The summed E-state index contributed by atoms with van der Waals surface area (Å²) >= 11 is 0. The van der Waals surface area contributed by atoms with Gasteiger partial charge < -0.3 is 10.4 Å². The molecule has 0 radical (unpaired) electrons. The number of hydrogen-bond acceptors (Lipinski definition) is 2. The van der Waals surface area contributed by atoms with Crippen LogP contribution in [0.15, 0.2) is 0 Å². The van der Waals surface area contributed by atoms with Gasteiger partial charge in [-0.3, -0.25) is 4.79 Å². The number of aliphatic carboxylic acids is 1. The van der Waals surface area contributed by atoms with Crippen LogP contribution in [0.3, 0.4) is 0 Å². The van der Waals surface area contributed by atoms with Crippen molar-refractivity contribution in [2.45, 2.75) is 58.0 Å². The Balaban J connectivity index is 0.000000461. The fraction of sp³-hybridized carbons (Fsp3) is 0.909. The van der Waals surface area contributed by atoms with E-state index in [1.165, 1.54) is 25.7 Å². The zero-order valence-electron chi connectivity index (χ0n) is 9.12. The van der Waals surface area contributed by atoms with Crippen molar-refractivity contribution in [3.05, 3.63) is 0 Å². The Kier molecular flexibility index (Phi) is 4.39. The summed E-state index contributed by atoms with van der Waals surface area (Å²) < 4.78 is 0. The van der Waals surface area contributed by atoms with Crippen LogP contribution in [0.1, 0.15) is 46.0 Å². The van der Waals surface area contributed by atoms with Crippen LogP contribution >= 0.6 is 0 Å². The van der Waals surface area contributed by atoms with Crippen molar-refractivity contribution in [3.63, 3.8) is 0 Å². The van der Waals surface area contributed by atoms with Gasteiger partial charge in [-0.05, 0) is 25.2 Å². The lowest BCUT2D eigenvalue weighted by atomic mass is 9.85. The minimum Gasteiger partial charge on any atom is -0.480 e. The Morgan fingerprint density at radius 3 is 2.50 bits per heavy atom. The van der Waals surface area contributed by atoms with Crippen LogP contribution in [-0.2, 0) is 4.79 Å². The van der Waals surface area contributed by atoms with E-state index in [1.807, 2.05) is 13.8 Å². The Bertz CT molecular complexity index is 180. The number of rotatable bonds is 1. The lowest BCUT2D eigenvalue weighted by Gasteiger charge is -2.24. The van der Waals surface area contributed by atoms with Crippen molar-refractivity contribution in [2.75, 3.05) is 0 Å². The maximum atomic E-state index is 10.7. The minimum atomic E-state index is -0.676. The van der Waals surface area contributed by atoms with Crippen molar-refractivity contribution in [3.8, 4) is 0 Å². The predicted molar refractivity (Wildman–Crippen MR) is 56.3 cm³/mol. The van der Waals surface area contributed by atoms with E-state index < -0.39 is 5.97 Å². The Morgan fingerprint density at radius 1 is 1.29 bits per heavy atom. The van der Waals surface area contributed by atoms with Crippen LogP contribution < -0.4 is 5.32 Å². The Hall–Kier alpha value is -0.570. The molecule has 3 atom stereocenters. The Labute approximate surface area is 85.9 Å². The fourth-order valence-electron chi connectivity index (χ4n) is 2.51. The Morgan fingerprint density at radius 2 is 1.93 bits per heavy atom. The summed E-state index contributed by atoms with van der Waals surface area (Å²) in [5.74, 6) is -0.0377. The van der Waals surface area contributed by atoms with Gasteiger partial charge in [0.15, 0.2) is 0 Å². The summed E-state index contributed by atoms with van der Waals surface area (Å²) in [5, 5.41) is 12.0. The number of fused-ring (bicyclic) bond motifs is 1. The normalized spacial score (nSPS) is 35.4. The summed E-state index contributed by atoms with van der Waals surface area (Å²) in [6.07, 6.45) is 5.80. The number of carbonyl (C=O) groups is 1. The van der Waals surface area contributed by atoms with Gasteiger partial charge in [0.2, 0.25) is 0 Å². The smallest absolute Gasteiger partial charge is 0.320 e. The molecule has 0 spiro atoms. The monoisotopic (exact) mass is 199 g/mol. The molecule has 2 fully saturated rings. The minimum absolute atomic E-state index is 0.266. The standard InChI is InChI=1S/C9H15NO2.C2H6/c11-9(12)8-5-6-3-1-2-4-7(6)10-8;1-2/h6-8,10H,1-5H2,(H,11,12);1-2H3/t6?,7?,8-;/m0./s1. The number of nitrogens with one attached hydrogen (secondary N) is 1. The molecule has 1 aliphatic heterocycles. The highest BCUT2D eigenvalue weighted by Gasteiger charge is 2.37. The second-order valence-electron chi connectivity index (χ2n) is 3.94. The molecule has 14 heavy (non-hydrogen) atoms. The second-order valence-corrected chi connectivity index (χ2v) is 3.94. The molecule has 2 N–H and O–H groups in total. The lowest BCUT2D eigenvalue weighted by Crippen LogP contribution is -2.36. The molecule has 1 heterocycles. The van der Waals surface area contributed by atoms with E-state index in [4.69, 9.17) is 5.11 Å². The highest BCUT2D eigenvalue weighted by molar-refractivity contribution is 5.74. The molecule has 2 aliphatic rings. The van der Waals surface area contributed by atoms with Gasteiger partial charge in [0.25, 0.3) is 0 Å². The zero-order valence-corrected chi connectivity index (χ0v) is 9.12. The maximum Gasteiger partial charge on any atom is 0.320 e. The van der Waals surface area contributed by atoms with Gasteiger partial charge >= 0.3 is 5.97 Å². The van der Waals surface area contributed by atoms with Gasteiger partial charge in [0.05, 0.1) is 0 Å². The number of hydrogen-bond donors (Lipinski definition) is 2. The number of carboxylic acids is 1. The third-order valence-electron chi connectivity index (χ3n) is 3.16. The van der Waals surface area contributed by atoms with Crippen molar-refractivity contribution >= 4 is 5.97 Å². The van der Waals surface area contributed by atoms with Gasteiger partial charge in [0.1, 0.15) is 6.04 Å². The summed E-state index contributed by atoms with van der Waals surface area (Å²) in [5.41, 5.74) is 0. The average molecular weight is 199 g/mol. The molecule has 0 aromatic heterocycles. The molecule has 0 aromatic carbocycles. The van der Waals surface area contributed by atoms with Crippen LogP contribution in [0.25, 0.3) is 0 Å². The molecule has 82 valence electrons. The van der Waals surface area contributed by atoms with Crippen molar-refractivity contribution in [1.82, 2.24) is 5.32 Å². The maximum absolute atomic E-state index is 10.7. The van der Waals surface area contributed by atoms with E-state index in [9.17, 15) is 4.79 Å². The van der Waals surface area contributed by atoms with E-state index >= 15 is 0 Å². The summed E-state index contributed by atoms with van der Waals surface area (Å²) in [6, 6.07) is 0.234. The number of carboxylic acid groups (broad SMARTS) is 1. The van der Waals surface area contributed by atoms with E-state index in [0.717, 1.165) is 6.42 Å². The van der Waals surface area contributed by atoms with E-state index in [0.29, 0.717) is 12.0 Å². The van der Waals surface area contributed by atoms with E-state index in [1.54, 1.807) is 0 Å². The fourth-order valence-corrected chi connectivity index (χ4v) is 2.51. The van der Waals surface area contributed by atoms with Gasteiger partial charge in [-0.2, -0.15) is 0 Å². The zero-order chi connectivity index (χ0) is 10.6. The first kappa shape index (κ1) is 11.5. The third kappa shape index (κ3) is 2.47. The molecule has 2 unspecified atom stereocenters. The summed E-state index contributed by atoms with van der Waals surface area (Å²) in [7, 11) is 0. The topological polar surface area (TPSA) is 49.3 Å². The molecule has 0 aromatic rings. The highest BCUT2D eigenvalue weighted by Crippen LogP contribution is 2.32. The second kappa shape index (κ2) is 5.35. The highest BCUT2D eigenvalue weighted by atomic mass is 16.4. The van der Waals surface area contributed by atoms with Crippen LogP contribution in [0.5, 0.6) is 0 Å². The van der Waals surface area contributed by atoms with Gasteiger partial charge in [-0.15, -0.1) is 0 Å².